The van der Waals surface area contributed by atoms with Crippen molar-refractivity contribution in [3.05, 3.63) is 64.8 Å². The number of carbonyl (C=O) groups is 2. The molecule has 0 aliphatic carbocycles. The van der Waals surface area contributed by atoms with Crippen molar-refractivity contribution in [3.8, 4) is 5.75 Å². The number of urea groups is 1. The molecule has 9 nitrogen and oxygen atoms in total. The van der Waals surface area contributed by atoms with Crippen molar-refractivity contribution in [3.63, 3.8) is 0 Å². The summed E-state index contributed by atoms with van der Waals surface area (Å²) in [5, 5.41) is 13.0. The first kappa shape index (κ1) is 21.4. The summed E-state index contributed by atoms with van der Waals surface area (Å²) in [5.74, 6) is 0.470. The average molecular weight is 453 g/mol. The van der Waals surface area contributed by atoms with Crippen LogP contribution in [-0.2, 0) is 17.8 Å². The number of aromatic hydroxyl groups is 1. The number of benzene rings is 2. The van der Waals surface area contributed by atoms with Gasteiger partial charge in [-0.25, -0.2) is 9.78 Å². The molecule has 1 aliphatic heterocycles. The van der Waals surface area contributed by atoms with Gasteiger partial charge in [-0.1, -0.05) is 29.8 Å². The van der Waals surface area contributed by atoms with E-state index in [0.29, 0.717) is 34.2 Å². The van der Waals surface area contributed by atoms with Crippen LogP contribution in [0.15, 0.2) is 48.7 Å². The normalized spacial score (nSPS) is 13.1. The number of hydrogen-bond acceptors (Lipinski definition) is 6. The van der Waals surface area contributed by atoms with E-state index in [9.17, 15) is 14.7 Å². The van der Waals surface area contributed by atoms with Crippen LogP contribution in [0.3, 0.4) is 0 Å². The van der Waals surface area contributed by atoms with Crippen molar-refractivity contribution in [2.45, 2.75) is 19.4 Å². The second kappa shape index (κ2) is 8.72. The summed E-state index contributed by atoms with van der Waals surface area (Å²) in [7, 11) is 1.60. The van der Waals surface area contributed by atoms with E-state index in [1.807, 2.05) is 6.07 Å². The summed E-state index contributed by atoms with van der Waals surface area (Å²) in [6, 6.07) is 11.5. The standard InChI is InChI=1S/C22H21ClN6O3/c1-28-20-14(11-25-21(24)27-20)12-29(22(28)32)17-10-15(7-8-16(17)23)26-19(31)9-6-13-4-2-3-5-18(13)30/h2-5,7-8,10-11,30H,6,9,12H2,1H3,(H,26,31)(H2,24,25,27). The molecule has 0 atom stereocenters. The number of hydrogen-bond donors (Lipinski definition) is 3. The maximum Gasteiger partial charge on any atom is 0.330 e. The minimum Gasteiger partial charge on any atom is -0.508 e. The zero-order chi connectivity index (χ0) is 22.8. The van der Waals surface area contributed by atoms with E-state index in [0.717, 1.165) is 5.56 Å². The number of amides is 3. The van der Waals surface area contributed by atoms with E-state index in [1.165, 1.54) is 9.80 Å². The van der Waals surface area contributed by atoms with Gasteiger partial charge in [-0.3, -0.25) is 14.6 Å². The Bertz CT molecular complexity index is 1200. The van der Waals surface area contributed by atoms with Gasteiger partial charge in [0, 0.05) is 30.9 Å². The lowest BCUT2D eigenvalue weighted by Gasteiger charge is -2.34. The van der Waals surface area contributed by atoms with Crippen LogP contribution in [0.4, 0.5) is 27.9 Å². The van der Waals surface area contributed by atoms with E-state index < -0.39 is 0 Å². The predicted molar refractivity (Wildman–Crippen MR) is 123 cm³/mol. The average Bonchev–Trinajstić information content (AvgIpc) is 2.77. The fourth-order valence-electron chi connectivity index (χ4n) is 3.50. The van der Waals surface area contributed by atoms with Crippen molar-refractivity contribution in [2.75, 3.05) is 27.9 Å². The Labute approximate surface area is 189 Å². The van der Waals surface area contributed by atoms with E-state index in [-0.39, 0.29) is 36.6 Å². The van der Waals surface area contributed by atoms with Crippen molar-refractivity contribution in [1.82, 2.24) is 9.97 Å². The molecule has 0 bridgehead atoms. The highest BCUT2D eigenvalue weighted by atomic mass is 35.5. The molecule has 3 aromatic rings. The van der Waals surface area contributed by atoms with Gasteiger partial charge in [0.25, 0.3) is 0 Å². The molecule has 0 spiro atoms. The predicted octanol–water partition coefficient (Wildman–Crippen LogP) is 3.57. The van der Waals surface area contributed by atoms with Crippen molar-refractivity contribution in [2.24, 2.45) is 0 Å². The molecule has 0 radical (unpaired) electrons. The number of anilines is 4. The molecule has 3 amide bonds. The smallest absolute Gasteiger partial charge is 0.330 e. The van der Waals surface area contributed by atoms with Crippen LogP contribution in [-0.4, -0.2) is 34.1 Å². The number of para-hydroxylation sites is 1. The number of nitrogens with one attached hydrogen (secondary N) is 1. The lowest BCUT2D eigenvalue weighted by Crippen LogP contribution is -2.46. The summed E-state index contributed by atoms with van der Waals surface area (Å²) in [6.07, 6.45) is 2.16. The molecule has 0 fully saturated rings. The number of halogens is 1. The fraction of sp³-hybridized carbons (Fsp3) is 0.182. The van der Waals surface area contributed by atoms with Crippen LogP contribution >= 0.6 is 11.6 Å². The fourth-order valence-corrected chi connectivity index (χ4v) is 3.72. The number of aromatic nitrogens is 2. The monoisotopic (exact) mass is 452 g/mol. The highest BCUT2D eigenvalue weighted by molar-refractivity contribution is 6.34. The molecule has 0 saturated heterocycles. The Morgan fingerprint density at radius 2 is 2.06 bits per heavy atom. The highest BCUT2D eigenvalue weighted by Crippen LogP contribution is 2.35. The first-order valence-electron chi connectivity index (χ1n) is 9.86. The Morgan fingerprint density at radius 1 is 1.28 bits per heavy atom. The van der Waals surface area contributed by atoms with Crippen molar-refractivity contribution < 1.29 is 14.7 Å². The number of nitrogens with zero attached hydrogens (tertiary/aromatic N) is 4. The quantitative estimate of drug-likeness (QED) is 0.543. The number of aryl methyl sites for hydroxylation is 1. The zero-order valence-electron chi connectivity index (χ0n) is 17.2. The van der Waals surface area contributed by atoms with Gasteiger partial charge in [-0.15, -0.1) is 0 Å². The summed E-state index contributed by atoms with van der Waals surface area (Å²) >= 11 is 6.39. The number of rotatable bonds is 5. The van der Waals surface area contributed by atoms with Crippen molar-refractivity contribution >= 4 is 46.7 Å². The molecule has 32 heavy (non-hydrogen) atoms. The number of nitrogen functional groups attached to an aromatic ring is 1. The van der Waals surface area contributed by atoms with E-state index in [4.69, 9.17) is 17.3 Å². The van der Waals surface area contributed by atoms with Crippen LogP contribution in [0.25, 0.3) is 0 Å². The lowest BCUT2D eigenvalue weighted by atomic mass is 10.1. The molecule has 0 unspecified atom stereocenters. The van der Waals surface area contributed by atoms with Gasteiger partial charge in [-0.2, -0.15) is 4.98 Å². The second-order valence-electron chi connectivity index (χ2n) is 7.35. The van der Waals surface area contributed by atoms with Gasteiger partial charge in [-0.05, 0) is 36.2 Å². The number of phenols is 1. The van der Waals surface area contributed by atoms with Gasteiger partial charge in [0.2, 0.25) is 11.9 Å². The largest absolute Gasteiger partial charge is 0.508 e. The summed E-state index contributed by atoms with van der Waals surface area (Å²) in [5.41, 5.74) is 8.01. The zero-order valence-corrected chi connectivity index (χ0v) is 18.0. The van der Waals surface area contributed by atoms with Crippen molar-refractivity contribution in [1.29, 1.82) is 0 Å². The van der Waals surface area contributed by atoms with E-state index in [2.05, 4.69) is 15.3 Å². The molecule has 10 heteroatoms. The number of fused-ring (bicyclic) bond motifs is 1. The molecular formula is C22H21ClN6O3. The minimum atomic E-state index is -0.333. The SMILES string of the molecule is CN1C(=O)N(c2cc(NC(=O)CCc3ccccc3O)ccc2Cl)Cc2cnc(N)nc21. The number of nitrogens with two attached hydrogens (primary N) is 1. The van der Waals surface area contributed by atoms with Gasteiger partial charge < -0.3 is 16.2 Å². The summed E-state index contributed by atoms with van der Waals surface area (Å²) < 4.78 is 0. The van der Waals surface area contributed by atoms with Crippen LogP contribution in [0.1, 0.15) is 17.5 Å². The van der Waals surface area contributed by atoms with Crippen LogP contribution in [0.5, 0.6) is 5.75 Å². The van der Waals surface area contributed by atoms with E-state index >= 15 is 0 Å². The molecule has 2 aromatic carbocycles. The topological polar surface area (TPSA) is 125 Å². The maximum atomic E-state index is 13.0. The number of phenolic OH excluding ortho intramolecular Hbond substituents is 1. The molecule has 1 aromatic heterocycles. The van der Waals surface area contributed by atoms with Gasteiger partial charge >= 0.3 is 6.03 Å². The van der Waals surface area contributed by atoms with Gasteiger partial charge in [0.1, 0.15) is 11.6 Å². The third-order valence-corrected chi connectivity index (χ3v) is 5.48. The number of carbonyl (C=O) groups excluding carboxylic acids is 2. The highest BCUT2D eigenvalue weighted by Gasteiger charge is 2.31. The first-order valence-corrected chi connectivity index (χ1v) is 10.2. The Morgan fingerprint density at radius 3 is 2.84 bits per heavy atom. The van der Waals surface area contributed by atoms with Gasteiger partial charge in [0.05, 0.1) is 17.3 Å². The van der Waals surface area contributed by atoms with Crippen LogP contribution < -0.4 is 20.9 Å². The molecule has 0 saturated carbocycles. The molecule has 1 aliphatic rings. The molecule has 4 rings (SSSR count). The van der Waals surface area contributed by atoms with Crippen LogP contribution in [0.2, 0.25) is 5.02 Å². The molecule has 2 heterocycles. The molecule has 164 valence electrons. The third kappa shape index (κ3) is 4.28. The van der Waals surface area contributed by atoms with Crippen LogP contribution in [0, 0.1) is 0 Å². The Kier molecular flexibility index (Phi) is 5.83. The summed E-state index contributed by atoms with van der Waals surface area (Å²) in [4.78, 5) is 36.4. The Hall–Kier alpha value is -3.85. The lowest BCUT2D eigenvalue weighted by molar-refractivity contribution is -0.116. The van der Waals surface area contributed by atoms with Gasteiger partial charge in [0.15, 0.2) is 0 Å². The minimum absolute atomic E-state index is 0.0865. The maximum absolute atomic E-state index is 13.0. The summed E-state index contributed by atoms with van der Waals surface area (Å²) in [6.45, 7) is 0.211. The first-order chi connectivity index (χ1) is 15.3. The molecular weight excluding hydrogens is 432 g/mol. The Balaban J connectivity index is 1.51. The third-order valence-electron chi connectivity index (χ3n) is 5.16. The van der Waals surface area contributed by atoms with E-state index in [1.54, 1.807) is 49.6 Å². The second-order valence-corrected chi connectivity index (χ2v) is 7.76. The molecule has 4 N–H and O–H groups in total.